The molecule has 0 aliphatic rings. The van der Waals surface area contributed by atoms with Crippen LogP contribution in [0.1, 0.15) is 15.9 Å². The number of para-hydroxylation sites is 1. The van der Waals surface area contributed by atoms with Gasteiger partial charge in [0.1, 0.15) is 5.75 Å². The number of phenols is 1. The molecule has 22 heavy (non-hydrogen) atoms. The maximum Gasteiger partial charge on any atom is 0.338 e. The summed E-state index contributed by atoms with van der Waals surface area (Å²) in [6.07, 6.45) is 0. The lowest BCUT2D eigenvalue weighted by atomic mass is 9.96. The van der Waals surface area contributed by atoms with Crippen molar-refractivity contribution in [2.45, 2.75) is 6.92 Å². The number of phenolic OH excluding ortho intramolecular Hbond substituents is 1. The van der Waals surface area contributed by atoms with Crippen molar-refractivity contribution in [2.24, 2.45) is 0 Å². The van der Waals surface area contributed by atoms with Gasteiger partial charge in [-0.1, -0.05) is 18.2 Å². The molecule has 0 amide bonds. The number of carbonyl (C=O) groups excluding carboxylic acids is 1. The highest BCUT2D eigenvalue weighted by Gasteiger charge is 2.22. The summed E-state index contributed by atoms with van der Waals surface area (Å²) in [6.45, 7) is 1.64. The van der Waals surface area contributed by atoms with Crippen LogP contribution in [0.5, 0.6) is 5.75 Å². The summed E-state index contributed by atoms with van der Waals surface area (Å²) in [5.74, 6) is -0.901. The largest absolute Gasteiger partial charge is 0.507 e. The fourth-order valence-corrected chi connectivity index (χ4v) is 2.74. The van der Waals surface area contributed by atoms with Crippen molar-refractivity contribution in [1.82, 2.24) is 4.73 Å². The van der Waals surface area contributed by atoms with E-state index in [0.717, 1.165) is 0 Å². The topological polar surface area (TPSA) is 88.8 Å². The van der Waals surface area contributed by atoms with E-state index in [-0.39, 0.29) is 27.6 Å². The molecule has 0 atom stereocenters. The van der Waals surface area contributed by atoms with Crippen molar-refractivity contribution in [1.29, 1.82) is 0 Å². The second-order valence-electron chi connectivity index (χ2n) is 4.96. The summed E-state index contributed by atoms with van der Waals surface area (Å²) in [7, 11) is 1.25. The maximum atomic E-state index is 12.3. The molecule has 2 aromatic carbocycles. The first kappa shape index (κ1) is 13.9. The predicted molar refractivity (Wildman–Crippen MR) is 80.6 cm³/mol. The summed E-state index contributed by atoms with van der Waals surface area (Å²) in [5.41, 5.74) is 0.132. The fraction of sp³-hybridized carbons (Fsp3) is 0.125. The summed E-state index contributed by atoms with van der Waals surface area (Å²) >= 11 is 0. The Bertz CT molecular complexity index is 987. The fourth-order valence-electron chi connectivity index (χ4n) is 2.74. The van der Waals surface area contributed by atoms with Crippen LogP contribution in [0.4, 0.5) is 0 Å². The Hall–Kier alpha value is -3.02. The number of methoxy groups -OCH3 is 1. The van der Waals surface area contributed by atoms with Crippen LogP contribution in [0.25, 0.3) is 21.7 Å². The minimum absolute atomic E-state index is 0.118. The first-order chi connectivity index (χ1) is 10.5. The van der Waals surface area contributed by atoms with Crippen molar-refractivity contribution in [3.8, 4) is 5.75 Å². The van der Waals surface area contributed by atoms with Crippen molar-refractivity contribution >= 4 is 27.6 Å². The van der Waals surface area contributed by atoms with Gasteiger partial charge in [0, 0.05) is 10.8 Å². The number of rotatable bonds is 1. The summed E-state index contributed by atoms with van der Waals surface area (Å²) in [5, 5.41) is 20.8. The zero-order valence-corrected chi connectivity index (χ0v) is 12.0. The van der Waals surface area contributed by atoms with E-state index < -0.39 is 11.5 Å². The molecule has 0 radical (unpaired) electrons. The van der Waals surface area contributed by atoms with E-state index in [2.05, 4.69) is 0 Å². The number of esters is 1. The Morgan fingerprint density at radius 3 is 2.59 bits per heavy atom. The molecule has 0 aliphatic heterocycles. The molecule has 0 saturated heterocycles. The number of hydrogen-bond acceptors (Lipinski definition) is 5. The van der Waals surface area contributed by atoms with Crippen molar-refractivity contribution < 1.29 is 19.8 Å². The first-order valence-electron chi connectivity index (χ1n) is 6.55. The molecule has 1 heterocycles. The molecule has 0 unspecified atom stereocenters. The van der Waals surface area contributed by atoms with Gasteiger partial charge in [-0.05, 0) is 24.6 Å². The first-order valence-corrected chi connectivity index (χ1v) is 6.55. The number of pyridine rings is 1. The van der Waals surface area contributed by atoms with Crippen LogP contribution in [-0.2, 0) is 4.74 Å². The molecular weight excluding hydrogens is 286 g/mol. The average molecular weight is 299 g/mol. The molecule has 0 bridgehead atoms. The van der Waals surface area contributed by atoms with Crippen LogP contribution < -0.4 is 5.56 Å². The van der Waals surface area contributed by atoms with Gasteiger partial charge in [0.25, 0.3) is 5.56 Å². The number of aryl methyl sites for hydroxylation is 1. The van der Waals surface area contributed by atoms with Gasteiger partial charge in [0.05, 0.1) is 23.6 Å². The third-order valence-electron chi connectivity index (χ3n) is 3.70. The average Bonchev–Trinajstić information content (AvgIpc) is 2.51. The number of hydrogen-bond donors (Lipinski definition) is 2. The van der Waals surface area contributed by atoms with Crippen LogP contribution in [-0.4, -0.2) is 28.1 Å². The third-order valence-corrected chi connectivity index (χ3v) is 3.70. The van der Waals surface area contributed by atoms with Crippen molar-refractivity contribution in [3.05, 3.63) is 51.8 Å². The van der Waals surface area contributed by atoms with Gasteiger partial charge < -0.3 is 15.1 Å². The Kier molecular flexibility index (Phi) is 3.02. The van der Waals surface area contributed by atoms with Crippen LogP contribution in [0.15, 0.2) is 35.1 Å². The maximum absolute atomic E-state index is 12.3. The van der Waals surface area contributed by atoms with E-state index in [9.17, 15) is 19.9 Å². The molecule has 0 fully saturated rings. The lowest BCUT2D eigenvalue weighted by Crippen LogP contribution is -2.20. The number of aromatic hydroxyl groups is 1. The monoisotopic (exact) mass is 299 g/mol. The minimum atomic E-state index is -0.795. The molecule has 3 aromatic rings. The van der Waals surface area contributed by atoms with Crippen LogP contribution in [0.2, 0.25) is 0 Å². The Morgan fingerprint density at radius 2 is 1.91 bits per heavy atom. The zero-order valence-electron chi connectivity index (χ0n) is 12.0. The number of ether oxygens (including phenoxy) is 1. The third kappa shape index (κ3) is 1.74. The number of carbonyl (C=O) groups is 1. The van der Waals surface area contributed by atoms with Gasteiger partial charge in [-0.15, -0.1) is 4.73 Å². The molecule has 2 N–H and O–H groups in total. The molecule has 0 aliphatic carbocycles. The van der Waals surface area contributed by atoms with Gasteiger partial charge >= 0.3 is 5.97 Å². The molecular formula is C16H13NO5. The smallest absolute Gasteiger partial charge is 0.338 e. The van der Waals surface area contributed by atoms with E-state index in [1.165, 1.54) is 13.2 Å². The van der Waals surface area contributed by atoms with Crippen LogP contribution in [0.3, 0.4) is 0 Å². The van der Waals surface area contributed by atoms with Gasteiger partial charge in [-0.25, -0.2) is 4.79 Å². The number of aromatic nitrogens is 1. The summed E-state index contributed by atoms with van der Waals surface area (Å²) in [4.78, 5) is 24.5. The highest BCUT2D eigenvalue weighted by atomic mass is 16.5. The molecule has 0 spiro atoms. The van der Waals surface area contributed by atoms with Gasteiger partial charge in [0.15, 0.2) is 0 Å². The second kappa shape index (κ2) is 4.77. The lowest BCUT2D eigenvalue weighted by molar-refractivity contribution is 0.0602. The van der Waals surface area contributed by atoms with Crippen LogP contribution in [0, 0.1) is 6.92 Å². The molecule has 1 aromatic heterocycles. The molecule has 112 valence electrons. The van der Waals surface area contributed by atoms with E-state index in [0.29, 0.717) is 15.7 Å². The van der Waals surface area contributed by atoms with E-state index >= 15 is 0 Å². The molecule has 6 heteroatoms. The van der Waals surface area contributed by atoms with E-state index in [1.54, 1.807) is 31.2 Å². The molecule has 6 nitrogen and oxygen atoms in total. The number of benzene rings is 2. The number of nitrogens with zero attached hydrogens (tertiary/aromatic N) is 1. The normalized spacial score (nSPS) is 11.0. The summed E-state index contributed by atoms with van der Waals surface area (Å²) < 4.78 is 5.26. The standard InChI is InChI=1S/C16H13NO5/c1-8-7-11(18)14-13(12(8)16(20)22-2)9-5-3-4-6-10(9)17(21)15(14)19/h3-7,18,21H,1-2H3. The highest BCUT2D eigenvalue weighted by molar-refractivity contribution is 6.17. The van der Waals surface area contributed by atoms with Gasteiger partial charge in [-0.2, -0.15) is 0 Å². The Labute approximate surface area is 124 Å². The predicted octanol–water partition coefficient (Wildman–Crippen LogP) is 2.19. The van der Waals surface area contributed by atoms with Crippen LogP contribution >= 0.6 is 0 Å². The minimum Gasteiger partial charge on any atom is -0.507 e. The van der Waals surface area contributed by atoms with Gasteiger partial charge in [0.2, 0.25) is 0 Å². The molecule has 0 saturated carbocycles. The molecule has 3 rings (SSSR count). The quantitative estimate of drug-likeness (QED) is 0.408. The summed E-state index contributed by atoms with van der Waals surface area (Å²) in [6, 6.07) is 7.90. The number of fused-ring (bicyclic) bond motifs is 3. The highest BCUT2D eigenvalue weighted by Crippen LogP contribution is 2.33. The zero-order chi connectivity index (χ0) is 16.0. The Morgan fingerprint density at radius 1 is 1.23 bits per heavy atom. The van der Waals surface area contributed by atoms with Crippen molar-refractivity contribution in [3.63, 3.8) is 0 Å². The lowest BCUT2D eigenvalue weighted by Gasteiger charge is -2.13. The second-order valence-corrected chi connectivity index (χ2v) is 4.96. The van der Waals surface area contributed by atoms with E-state index in [1.807, 2.05) is 0 Å². The SMILES string of the molecule is COC(=O)c1c(C)cc(O)c2c(=O)n(O)c3ccccc3c12. The van der Waals surface area contributed by atoms with E-state index in [4.69, 9.17) is 4.74 Å². The van der Waals surface area contributed by atoms with Gasteiger partial charge in [-0.3, -0.25) is 4.79 Å². The Balaban J connectivity index is 2.74. The van der Waals surface area contributed by atoms with Crippen molar-refractivity contribution in [2.75, 3.05) is 7.11 Å².